The predicted octanol–water partition coefficient (Wildman–Crippen LogP) is 2.80. The summed E-state index contributed by atoms with van der Waals surface area (Å²) in [6.45, 7) is 5.15. The molecule has 0 unspecified atom stereocenters. The van der Waals surface area contributed by atoms with Crippen LogP contribution < -0.4 is 5.32 Å². The first kappa shape index (κ1) is 16.1. The van der Waals surface area contributed by atoms with Gasteiger partial charge in [0, 0.05) is 18.8 Å². The Morgan fingerprint density at radius 3 is 2.30 bits per heavy atom. The third kappa shape index (κ3) is 4.99. The van der Waals surface area contributed by atoms with E-state index in [0.717, 1.165) is 19.3 Å². The van der Waals surface area contributed by atoms with E-state index < -0.39 is 11.8 Å². The second-order valence-corrected chi connectivity index (χ2v) is 4.61. The number of hydrogen-bond acceptors (Lipinski definition) is 2. The van der Waals surface area contributed by atoms with Gasteiger partial charge in [-0.25, -0.2) is 4.39 Å². The number of carbonyl (C=O) groups is 2. The van der Waals surface area contributed by atoms with Crippen LogP contribution in [0.5, 0.6) is 0 Å². The van der Waals surface area contributed by atoms with Crippen molar-refractivity contribution in [1.82, 2.24) is 4.90 Å². The molecule has 0 aliphatic heterocycles. The van der Waals surface area contributed by atoms with Crippen molar-refractivity contribution in [3.05, 3.63) is 30.1 Å². The molecule has 1 N–H and O–H groups in total. The van der Waals surface area contributed by atoms with E-state index in [-0.39, 0.29) is 5.82 Å². The van der Waals surface area contributed by atoms with Crippen LogP contribution in [0.15, 0.2) is 24.3 Å². The number of carbonyl (C=O) groups excluding carboxylic acids is 2. The topological polar surface area (TPSA) is 49.4 Å². The SMILES string of the molecule is CCCCN(CCC)C(=O)C(=O)Nc1ccc(F)cc1. The minimum Gasteiger partial charge on any atom is -0.334 e. The summed E-state index contributed by atoms with van der Waals surface area (Å²) in [5, 5.41) is 2.49. The lowest BCUT2D eigenvalue weighted by atomic mass is 10.2. The van der Waals surface area contributed by atoms with E-state index in [9.17, 15) is 14.0 Å². The standard InChI is InChI=1S/C15H21FN2O2/c1-3-5-11-18(10-4-2)15(20)14(19)17-13-8-6-12(16)7-9-13/h6-9H,3-5,10-11H2,1-2H3,(H,17,19). The number of nitrogens with one attached hydrogen (secondary N) is 1. The molecule has 0 saturated carbocycles. The summed E-state index contributed by atoms with van der Waals surface area (Å²) in [5.41, 5.74) is 0.414. The normalized spacial score (nSPS) is 10.2. The Hall–Kier alpha value is -1.91. The maximum Gasteiger partial charge on any atom is 0.313 e. The van der Waals surface area contributed by atoms with Crippen molar-refractivity contribution in [2.75, 3.05) is 18.4 Å². The number of anilines is 1. The van der Waals surface area contributed by atoms with Crippen molar-refractivity contribution in [1.29, 1.82) is 0 Å². The van der Waals surface area contributed by atoms with Gasteiger partial charge in [0.05, 0.1) is 0 Å². The van der Waals surface area contributed by atoms with Gasteiger partial charge in [-0.1, -0.05) is 20.3 Å². The molecule has 0 aliphatic rings. The van der Waals surface area contributed by atoms with Gasteiger partial charge in [0.25, 0.3) is 0 Å². The monoisotopic (exact) mass is 280 g/mol. The number of hydrogen-bond donors (Lipinski definition) is 1. The Morgan fingerprint density at radius 1 is 1.10 bits per heavy atom. The van der Waals surface area contributed by atoms with Crippen molar-refractivity contribution in [2.24, 2.45) is 0 Å². The first-order chi connectivity index (χ1) is 9.58. The van der Waals surface area contributed by atoms with Crippen molar-refractivity contribution in [2.45, 2.75) is 33.1 Å². The molecule has 110 valence electrons. The molecule has 1 aromatic rings. The lowest BCUT2D eigenvalue weighted by Crippen LogP contribution is -2.40. The molecule has 0 bridgehead atoms. The van der Waals surface area contributed by atoms with Gasteiger partial charge in [-0.3, -0.25) is 9.59 Å². The van der Waals surface area contributed by atoms with E-state index in [1.54, 1.807) is 4.90 Å². The molecule has 0 spiro atoms. The fourth-order valence-corrected chi connectivity index (χ4v) is 1.80. The van der Waals surface area contributed by atoms with Crippen LogP contribution in [-0.2, 0) is 9.59 Å². The van der Waals surface area contributed by atoms with Crippen LogP contribution in [0.4, 0.5) is 10.1 Å². The Labute approximate surface area is 119 Å². The van der Waals surface area contributed by atoms with Crippen molar-refractivity contribution in [3.63, 3.8) is 0 Å². The molecule has 5 heteroatoms. The number of halogens is 1. The molecule has 1 rings (SSSR count). The lowest BCUT2D eigenvalue weighted by Gasteiger charge is -2.21. The van der Waals surface area contributed by atoms with Crippen molar-refractivity contribution >= 4 is 17.5 Å². The summed E-state index contributed by atoms with van der Waals surface area (Å²) in [6, 6.07) is 5.33. The van der Waals surface area contributed by atoms with E-state index in [0.29, 0.717) is 18.8 Å². The molecule has 1 aromatic carbocycles. The van der Waals surface area contributed by atoms with Crippen molar-refractivity contribution in [3.8, 4) is 0 Å². The predicted molar refractivity (Wildman–Crippen MR) is 76.8 cm³/mol. The summed E-state index contributed by atoms with van der Waals surface area (Å²) in [5.74, 6) is -1.60. The van der Waals surface area contributed by atoms with E-state index in [1.165, 1.54) is 24.3 Å². The molecular formula is C15H21FN2O2. The van der Waals surface area contributed by atoms with Crippen LogP contribution in [0, 0.1) is 5.82 Å². The average Bonchev–Trinajstić information content (AvgIpc) is 2.45. The summed E-state index contributed by atoms with van der Waals surface area (Å²) < 4.78 is 12.8. The van der Waals surface area contributed by atoms with Crippen LogP contribution in [-0.4, -0.2) is 29.8 Å². The quantitative estimate of drug-likeness (QED) is 0.815. The minimum absolute atomic E-state index is 0.384. The van der Waals surface area contributed by atoms with Gasteiger partial charge in [0.1, 0.15) is 5.82 Å². The fraction of sp³-hybridized carbons (Fsp3) is 0.467. The Balaban J connectivity index is 2.63. The third-order valence-electron chi connectivity index (χ3n) is 2.86. The minimum atomic E-state index is -0.679. The first-order valence-electron chi connectivity index (χ1n) is 6.94. The van der Waals surface area contributed by atoms with Crippen LogP contribution in [0.25, 0.3) is 0 Å². The first-order valence-corrected chi connectivity index (χ1v) is 6.94. The number of benzene rings is 1. The highest BCUT2D eigenvalue weighted by molar-refractivity contribution is 6.39. The van der Waals surface area contributed by atoms with Gasteiger partial charge in [0.2, 0.25) is 0 Å². The Morgan fingerprint density at radius 2 is 1.75 bits per heavy atom. The van der Waals surface area contributed by atoms with Gasteiger partial charge in [-0.2, -0.15) is 0 Å². The van der Waals surface area contributed by atoms with Crippen LogP contribution in [0.3, 0.4) is 0 Å². The Bertz CT molecular complexity index is 446. The number of amides is 2. The largest absolute Gasteiger partial charge is 0.334 e. The zero-order chi connectivity index (χ0) is 15.0. The second kappa shape index (κ2) is 8.30. The number of nitrogens with zero attached hydrogens (tertiary/aromatic N) is 1. The van der Waals surface area contributed by atoms with Gasteiger partial charge in [-0.15, -0.1) is 0 Å². The lowest BCUT2D eigenvalue weighted by molar-refractivity contribution is -0.143. The molecule has 0 fully saturated rings. The maximum atomic E-state index is 12.8. The van der Waals surface area contributed by atoms with E-state index in [2.05, 4.69) is 5.32 Å². The van der Waals surface area contributed by atoms with Crippen LogP contribution in [0.2, 0.25) is 0 Å². The molecule has 0 aromatic heterocycles. The number of rotatable bonds is 6. The summed E-state index contributed by atoms with van der Waals surface area (Å²) in [7, 11) is 0. The summed E-state index contributed by atoms with van der Waals surface area (Å²) in [6.07, 6.45) is 2.64. The molecule has 0 heterocycles. The molecule has 0 aliphatic carbocycles. The average molecular weight is 280 g/mol. The van der Waals surface area contributed by atoms with Gasteiger partial charge < -0.3 is 10.2 Å². The third-order valence-corrected chi connectivity index (χ3v) is 2.86. The maximum absolute atomic E-state index is 12.8. The molecule has 0 radical (unpaired) electrons. The van der Waals surface area contributed by atoms with Crippen LogP contribution >= 0.6 is 0 Å². The fourth-order valence-electron chi connectivity index (χ4n) is 1.80. The highest BCUT2D eigenvalue weighted by atomic mass is 19.1. The van der Waals surface area contributed by atoms with E-state index in [4.69, 9.17) is 0 Å². The molecule has 0 atom stereocenters. The molecular weight excluding hydrogens is 259 g/mol. The molecule has 0 saturated heterocycles. The summed E-state index contributed by atoms with van der Waals surface area (Å²) >= 11 is 0. The van der Waals surface area contributed by atoms with Gasteiger partial charge >= 0.3 is 11.8 Å². The Kier molecular flexibility index (Phi) is 6.70. The van der Waals surface area contributed by atoms with Gasteiger partial charge in [-0.05, 0) is 37.1 Å². The number of unbranched alkanes of at least 4 members (excludes halogenated alkanes) is 1. The summed E-state index contributed by atoms with van der Waals surface area (Å²) in [4.78, 5) is 25.5. The van der Waals surface area contributed by atoms with E-state index in [1.807, 2.05) is 13.8 Å². The zero-order valence-electron chi connectivity index (χ0n) is 12.0. The second-order valence-electron chi connectivity index (χ2n) is 4.61. The zero-order valence-corrected chi connectivity index (χ0v) is 12.0. The van der Waals surface area contributed by atoms with Crippen LogP contribution in [0.1, 0.15) is 33.1 Å². The molecule has 4 nitrogen and oxygen atoms in total. The highest BCUT2D eigenvalue weighted by Crippen LogP contribution is 2.09. The highest BCUT2D eigenvalue weighted by Gasteiger charge is 2.20. The molecule has 20 heavy (non-hydrogen) atoms. The van der Waals surface area contributed by atoms with Gasteiger partial charge in [0.15, 0.2) is 0 Å². The smallest absolute Gasteiger partial charge is 0.313 e. The van der Waals surface area contributed by atoms with Crippen molar-refractivity contribution < 1.29 is 14.0 Å². The molecule has 2 amide bonds. The van der Waals surface area contributed by atoms with E-state index >= 15 is 0 Å².